The highest BCUT2D eigenvalue weighted by molar-refractivity contribution is 6.13. The van der Waals surface area contributed by atoms with Crippen LogP contribution in [0, 0.1) is 0 Å². The zero-order valence-corrected chi connectivity index (χ0v) is 32.8. The van der Waals surface area contributed by atoms with Gasteiger partial charge in [-0.1, -0.05) is 125 Å². The van der Waals surface area contributed by atoms with E-state index in [0.29, 0.717) is 11.1 Å². The van der Waals surface area contributed by atoms with Gasteiger partial charge in [-0.3, -0.25) is 9.59 Å². The first kappa shape index (κ1) is 34.9. The van der Waals surface area contributed by atoms with Gasteiger partial charge in [-0.25, -0.2) is 0 Å². The van der Waals surface area contributed by atoms with Crippen molar-refractivity contribution in [2.75, 3.05) is 4.90 Å². The average Bonchev–Trinajstić information content (AvgIpc) is 3.61. The largest absolute Gasteiger partial charge is 0.310 e. The summed E-state index contributed by atoms with van der Waals surface area (Å²) in [5.41, 5.74) is 15.9. The highest BCUT2D eigenvalue weighted by Crippen LogP contribution is 2.53. The summed E-state index contributed by atoms with van der Waals surface area (Å²) in [7, 11) is 0. The van der Waals surface area contributed by atoms with E-state index in [0.717, 1.165) is 63.3 Å². The summed E-state index contributed by atoms with van der Waals surface area (Å²) in [6.45, 7) is 9.41. The standard InChI is InChI=1S/C54H43NO2/c1-53(2)48-15-9-7-13-43(48)45-24-22-41(31-50(45)53)55(42-23-25-46-44-14-8-10-16-49(44)54(3,4)51(46)32-42)40-21-20-37-27-34(17-19-38(37)29-40)18-26-52(57)47-30-36-12-6-5-11-35(36)28-39(47)33-56/h5-7,9-13,15-33H,8,14H2,1-4H3/b26-18+. The molecule has 0 saturated heterocycles. The Morgan fingerprint density at radius 3 is 2.00 bits per heavy atom. The molecule has 0 amide bonds. The van der Waals surface area contributed by atoms with Crippen molar-refractivity contribution in [2.45, 2.75) is 51.4 Å². The van der Waals surface area contributed by atoms with Gasteiger partial charge in [0.05, 0.1) is 0 Å². The second-order valence-electron chi connectivity index (χ2n) is 16.8. The molecule has 3 aliphatic rings. The second-order valence-corrected chi connectivity index (χ2v) is 16.8. The maximum Gasteiger partial charge on any atom is 0.186 e. The van der Waals surface area contributed by atoms with Crippen molar-refractivity contribution in [1.82, 2.24) is 0 Å². The number of rotatable bonds is 7. The molecular formula is C54H43NO2. The highest BCUT2D eigenvalue weighted by Gasteiger charge is 2.38. The van der Waals surface area contributed by atoms with E-state index in [1.165, 1.54) is 44.5 Å². The van der Waals surface area contributed by atoms with Crippen molar-refractivity contribution in [3.63, 3.8) is 0 Å². The molecule has 0 aliphatic heterocycles. The minimum Gasteiger partial charge on any atom is -0.310 e. The quantitative estimate of drug-likeness (QED) is 0.0928. The van der Waals surface area contributed by atoms with Crippen LogP contribution in [0.25, 0.3) is 44.3 Å². The van der Waals surface area contributed by atoms with Crippen molar-refractivity contribution in [3.8, 4) is 11.1 Å². The molecule has 0 saturated carbocycles. The van der Waals surface area contributed by atoms with E-state index in [9.17, 15) is 9.59 Å². The molecule has 0 heterocycles. The third kappa shape index (κ3) is 5.56. The van der Waals surface area contributed by atoms with E-state index in [2.05, 4.69) is 142 Å². The number of carbonyl (C=O) groups excluding carboxylic acids is 2. The summed E-state index contributed by atoms with van der Waals surface area (Å²) in [4.78, 5) is 27.7. The molecule has 0 radical (unpaired) electrons. The number of hydrogen-bond acceptors (Lipinski definition) is 3. The first-order valence-electron chi connectivity index (χ1n) is 20.0. The Labute approximate surface area is 334 Å². The zero-order valence-electron chi connectivity index (χ0n) is 32.8. The molecule has 7 aromatic carbocycles. The molecule has 10 rings (SSSR count). The molecule has 57 heavy (non-hydrogen) atoms. The summed E-state index contributed by atoms with van der Waals surface area (Å²) >= 11 is 0. The molecule has 3 nitrogen and oxygen atoms in total. The Bertz CT molecular complexity index is 2950. The lowest BCUT2D eigenvalue weighted by Crippen LogP contribution is -2.18. The van der Waals surface area contributed by atoms with Crippen molar-refractivity contribution in [3.05, 3.63) is 196 Å². The van der Waals surface area contributed by atoms with Crippen LogP contribution in [0.2, 0.25) is 0 Å². The normalized spacial score (nSPS) is 15.8. The number of carbonyl (C=O) groups is 2. The topological polar surface area (TPSA) is 37.4 Å². The summed E-state index contributed by atoms with van der Waals surface area (Å²) in [5.74, 6) is -0.195. The highest BCUT2D eigenvalue weighted by atomic mass is 16.1. The number of fused-ring (bicyclic) bond motifs is 7. The Hall–Kier alpha value is -6.58. The molecule has 0 aromatic heterocycles. The SMILES string of the molecule is CC1(C)C2=C(CCC=C2)c2ccc(N(c3ccc4c(c3)C(C)(C)c3ccccc3-4)c3ccc4cc(/C=C/C(=O)c5cc6ccccc6cc5C=O)ccc4c3)cc21. The summed E-state index contributed by atoms with van der Waals surface area (Å²) < 4.78 is 0. The molecule has 0 spiro atoms. The molecule has 7 aromatic rings. The van der Waals surface area contributed by atoms with Crippen LogP contribution in [0.5, 0.6) is 0 Å². The Balaban J connectivity index is 1.04. The van der Waals surface area contributed by atoms with Crippen molar-refractivity contribution in [2.24, 2.45) is 0 Å². The number of anilines is 3. The van der Waals surface area contributed by atoms with Crippen LogP contribution in [0.1, 0.15) is 89.1 Å². The van der Waals surface area contributed by atoms with Gasteiger partial charge in [0.15, 0.2) is 12.1 Å². The van der Waals surface area contributed by atoms with Gasteiger partial charge in [0.2, 0.25) is 0 Å². The van der Waals surface area contributed by atoms with Gasteiger partial charge in [0.25, 0.3) is 0 Å². The maximum absolute atomic E-state index is 13.4. The molecule has 0 bridgehead atoms. The van der Waals surface area contributed by atoms with E-state index in [1.54, 1.807) is 12.1 Å². The predicted molar refractivity (Wildman–Crippen MR) is 237 cm³/mol. The van der Waals surface area contributed by atoms with E-state index in [4.69, 9.17) is 0 Å². The number of aldehydes is 1. The fourth-order valence-corrected chi connectivity index (χ4v) is 9.73. The van der Waals surface area contributed by atoms with Crippen LogP contribution in [0.4, 0.5) is 17.1 Å². The van der Waals surface area contributed by atoms with Gasteiger partial charge in [-0.05, 0) is 145 Å². The molecule has 0 N–H and O–H groups in total. The van der Waals surface area contributed by atoms with Crippen LogP contribution in [-0.2, 0) is 10.8 Å². The van der Waals surface area contributed by atoms with Gasteiger partial charge in [0.1, 0.15) is 0 Å². The Morgan fingerprint density at radius 1 is 0.596 bits per heavy atom. The van der Waals surface area contributed by atoms with Gasteiger partial charge < -0.3 is 4.90 Å². The molecule has 0 unspecified atom stereocenters. The third-order valence-corrected chi connectivity index (χ3v) is 12.8. The maximum atomic E-state index is 13.4. The predicted octanol–water partition coefficient (Wildman–Crippen LogP) is 13.9. The minimum atomic E-state index is -0.195. The van der Waals surface area contributed by atoms with Gasteiger partial charge in [-0.2, -0.15) is 0 Å². The fraction of sp³-hybridized carbons (Fsp3) is 0.148. The Morgan fingerprint density at radius 2 is 1.21 bits per heavy atom. The van der Waals surface area contributed by atoms with Crippen LogP contribution >= 0.6 is 0 Å². The summed E-state index contributed by atoms with van der Waals surface area (Å²) in [6.07, 6.45) is 11.0. The van der Waals surface area contributed by atoms with Crippen LogP contribution < -0.4 is 4.90 Å². The molecule has 3 heteroatoms. The molecule has 3 aliphatic carbocycles. The molecule has 0 atom stereocenters. The number of benzene rings is 7. The van der Waals surface area contributed by atoms with Crippen LogP contribution in [0.3, 0.4) is 0 Å². The van der Waals surface area contributed by atoms with E-state index in [-0.39, 0.29) is 16.6 Å². The average molecular weight is 738 g/mol. The van der Waals surface area contributed by atoms with Gasteiger partial charge >= 0.3 is 0 Å². The van der Waals surface area contributed by atoms with E-state index in [1.807, 2.05) is 36.4 Å². The summed E-state index contributed by atoms with van der Waals surface area (Å²) in [5, 5.41) is 4.06. The lowest BCUT2D eigenvalue weighted by Gasteiger charge is -2.30. The monoisotopic (exact) mass is 737 g/mol. The van der Waals surface area contributed by atoms with E-state index >= 15 is 0 Å². The first-order valence-corrected chi connectivity index (χ1v) is 20.0. The van der Waals surface area contributed by atoms with E-state index < -0.39 is 0 Å². The third-order valence-electron chi connectivity index (χ3n) is 12.8. The molecule has 276 valence electrons. The lowest BCUT2D eigenvalue weighted by atomic mass is 9.80. The van der Waals surface area contributed by atoms with Crippen molar-refractivity contribution < 1.29 is 9.59 Å². The number of hydrogen-bond donors (Lipinski definition) is 0. The molecule has 0 fully saturated rings. The minimum absolute atomic E-state index is 0.0807. The molecular weight excluding hydrogens is 695 g/mol. The van der Waals surface area contributed by atoms with Gasteiger partial charge in [-0.15, -0.1) is 0 Å². The number of ketones is 1. The Kier molecular flexibility index (Phi) is 7.95. The van der Waals surface area contributed by atoms with Gasteiger partial charge in [0, 0.05) is 39.0 Å². The van der Waals surface area contributed by atoms with Crippen molar-refractivity contribution in [1.29, 1.82) is 0 Å². The number of nitrogens with zero attached hydrogens (tertiary/aromatic N) is 1. The van der Waals surface area contributed by atoms with Crippen molar-refractivity contribution >= 4 is 62.3 Å². The van der Waals surface area contributed by atoms with Crippen LogP contribution in [-0.4, -0.2) is 12.1 Å². The first-order chi connectivity index (χ1) is 27.6. The van der Waals surface area contributed by atoms with Crippen LogP contribution in [0.15, 0.2) is 157 Å². The number of allylic oxidation sites excluding steroid dienone is 5. The zero-order chi connectivity index (χ0) is 39.1. The summed E-state index contributed by atoms with van der Waals surface area (Å²) in [6, 6.07) is 47.2. The second kappa shape index (κ2) is 13.0. The smallest absolute Gasteiger partial charge is 0.186 e. The fourth-order valence-electron chi connectivity index (χ4n) is 9.73. The lowest BCUT2D eigenvalue weighted by molar-refractivity contribution is 0.103.